The van der Waals surface area contributed by atoms with Crippen LogP contribution in [-0.4, -0.2) is 35.7 Å². The minimum Gasteiger partial charge on any atom is -0.281 e. The summed E-state index contributed by atoms with van der Waals surface area (Å²) in [4.78, 5) is 0.286. The van der Waals surface area contributed by atoms with Gasteiger partial charge in [-0.2, -0.15) is 16.9 Å². The van der Waals surface area contributed by atoms with Crippen molar-refractivity contribution in [1.82, 2.24) is 14.9 Å². The van der Waals surface area contributed by atoms with Crippen LogP contribution in [0.2, 0.25) is 0 Å². The van der Waals surface area contributed by atoms with Crippen molar-refractivity contribution >= 4 is 21.8 Å². The molecule has 1 aliphatic heterocycles. The molecule has 0 saturated carbocycles. The van der Waals surface area contributed by atoms with E-state index in [0.29, 0.717) is 17.9 Å². The minimum atomic E-state index is -3.46. The van der Waals surface area contributed by atoms with Gasteiger partial charge in [0.25, 0.3) is 0 Å². The van der Waals surface area contributed by atoms with Crippen molar-refractivity contribution in [2.24, 2.45) is 0 Å². The topological polar surface area (TPSA) is 74.8 Å². The second-order valence-corrected chi connectivity index (χ2v) is 8.38. The van der Waals surface area contributed by atoms with E-state index in [1.807, 2.05) is 11.8 Å². The maximum atomic E-state index is 12.3. The SMILES string of the molecule is Cc1n[nH]c(C)c1S(=O)(=O)NCC1(C)CCCS1. The molecule has 0 aliphatic carbocycles. The molecule has 0 spiro atoms. The van der Waals surface area contributed by atoms with Crippen LogP contribution >= 0.6 is 11.8 Å². The van der Waals surface area contributed by atoms with Crippen molar-refractivity contribution in [3.05, 3.63) is 11.4 Å². The highest BCUT2D eigenvalue weighted by Gasteiger charge is 2.32. The average molecular weight is 289 g/mol. The number of thioether (sulfide) groups is 1. The molecule has 0 radical (unpaired) electrons. The Hall–Kier alpha value is -0.530. The van der Waals surface area contributed by atoms with Gasteiger partial charge in [-0.1, -0.05) is 0 Å². The normalized spacial score (nSPS) is 24.6. The van der Waals surface area contributed by atoms with Crippen LogP contribution in [0.5, 0.6) is 0 Å². The van der Waals surface area contributed by atoms with E-state index < -0.39 is 10.0 Å². The van der Waals surface area contributed by atoms with Gasteiger partial charge in [0.1, 0.15) is 4.90 Å². The Morgan fingerprint density at radius 2 is 2.22 bits per heavy atom. The maximum Gasteiger partial charge on any atom is 0.244 e. The van der Waals surface area contributed by atoms with Gasteiger partial charge in [0, 0.05) is 11.3 Å². The third-order valence-electron chi connectivity index (χ3n) is 3.27. The van der Waals surface area contributed by atoms with Crippen LogP contribution in [0.4, 0.5) is 0 Å². The fourth-order valence-electron chi connectivity index (χ4n) is 2.23. The third kappa shape index (κ3) is 2.73. The van der Waals surface area contributed by atoms with Crippen molar-refractivity contribution in [2.45, 2.75) is 43.3 Å². The first-order valence-electron chi connectivity index (χ1n) is 5.99. The zero-order valence-electron chi connectivity index (χ0n) is 10.9. The van der Waals surface area contributed by atoms with Crippen molar-refractivity contribution < 1.29 is 8.42 Å². The third-order valence-corrected chi connectivity index (χ3v) is 6.47. The molecule has 0 amide bonds. The van der Waals surface area contributed by atoms with E-state index in [1.54, 1.807) is 13.8 Å². The van der Waals surface area contributed by atoms with Gasteiger partial charge in [0.05, 0.1) is 11.4 Å². The van der Waals surface area contributed by atoms with Crippen molar-refractivity contribution in [2.75, 3.05) is 12.3 Å². The van der Waals surface area contributed by atoms with E-state index in [2.05, 4.69) is 21.8 Å². The van der Waals surface area contributed by atoms with Crippen LogP contribution in [0.15, 0.2) is 4.90 Å². The van der Waals surface area contributed by atoms with Crippen LogP contribution in [0.3, 0.4) is 0 Å². The van der Waals surface area contributed by atoms with Gasteiger partial charge in [-0.15, -0.1) is 0 Å². The highest BCUT2D eigenvalue weighted by Crippen LogP contribution is 2.37. The van der Waals surface area contributed by atoms with Gasteiger partial charge in [-0.3, -0.25) is 5.10 Å². The van der Waals surface area contributed by atoms with Gasteiger partial charge in [0.2, 0.25) is 10.0 Å². The molecule has 1 aliphatic rings. The lowest BCUT2D eigenvalue weighted by Gasteiger charge is -2.22. The van der Waals surface area contributed by atoms with Crippen molar-refractivity contribution in [3.8, 4) is 0 Å². The second-order valence-electron chi connectivity index (χ2n) is 4.99. The monoisotopic (exact) mass is 289 g/mol. The van der Waals surface area contributed by atoms with Crippen molar-refractivity contribution in [3.63, 3.8) is 0 Å². The molecule has 2 heterocycles. The van der Waals surface area contributed by atoms with Crippen LogP contribution in [0.1, 0.15) is 31.2 Å². The predicted molar refractivity (Wildman–Crippen MR) is 73.3 cm³/mol. The highest BCUT2D eigenvalue weighted by atomic mass is 32.2. The Kier molecular flexibility index (Phi) is 3.75. The van der Waals surface area contributed by atoms with E-state index in [0.717, 1.165) is 18.6 Å². The molecule has 2 N–H and O–H groups in total. The maximum absolute atomic E-state index is 12.3. The van der Waals surface area contributed by atoms with Crippen LogP contribution in [0, 0.1) is 13.8 Å². The van der Waals surface area contributed by atoms with Gasteiger partial charge in [-0.25, -0.2) is 13.1 Å². The number of nitrogens with one attached hydrogen (secondary N) is 2. The molecule has 1 aromatic heterocycles. The first kappa shape index (κ1) is 13.9. The predicted octanol–water partition coefficient (Wildman–Crippen LogP) is 1.59. The molecular formula is C11H19N3O2S2. The summed E-state index contributed by atoms with van der Waals surface area (Å²) in [5.74, 6) is 1.11. The first-order chi connectivity index (χ1) is 8.34. The van der Waals surface area contributed by atoms with Crippen molar-refractivity contribution in [1.29, 1.82) is 0 Å². The molecule has 1 fully saturated rings. The number of aromatic amines is 1. The van der Waals surface area contributed by atoms with Crippen LogP contribution < -0.4 is 4.72 Å². The van der Waals surface area contributed by atoms with E-state index in [4.69, 9.17) is 0 Å². The zero-order valence-corrected chi connectivity index (χ0v) is 12.5. The van der Waals surface area contributed by atoms with E-state index in [9.17, 15) is 8.42 Å². The van der Waals surface area contributed by atoms with Crippen LogP contribution in [-0.2, 0) is 10.0 Å². The molecule has 1 unspecified atom stereocenters. The molecule has 1 atom stereocenters. The standard InChI is InChI=1S/C11H19N3O2S2/c1-8-10(9(2)14-13-8)18(15,16)12-7-11(3)5-4-6-17-11/h12H,4-7H2,1-3H3,(H,13,14). The second kappa shape index (κ2) is 4.86. The fraction of sp³-hybridized carbons (Fsp3) is 0.727. The molecular weight excluding hydrogens is 270 g/mol. The van der Waals surface area contributed by atoms with E-state index in [-0.39, 0.29) is 9.64 Å². The molecule has 1 aromatic rings. The Morgan fingerprint density at radius 1 is 1.50 bits per heavy atom. The molecule has 7 heteroatoms. The number of sulfonamides is 1. The number of rotatable bonds is 4. The summed E-state index contributed by atoms with van der Waals surface area (Å²) in [5.41, 5.74) is 1.11. The van der Waals surface area contributed by atoms with Crippen LogP contribution in [0.25, 0.3) is 0 Å². The number of hydrogen-bond acceptors (Lipinski definition) is 4. The largest absolute Gasteiger partial charge is 0.281 e. The number of nitrogens with zero attached hydrogens (tertiary/aromatic N) is 1. The van der Waals surface area contributed by atoms with E-state index in [1.165, 1.54) is 0 Å². The molecule has 2 rings (SSSR count). The number of H-pyrrole nitrogens is 1. The Balaban J connectivity index is 2.13. The summed E-state index contributed by atoms with van der Waals surface area (Å²) in [6, 6.07) is 0. The Morgan fingerprint density at radius 3 is 2.72 bits per heavy atom. The summed E-state index contributed by atoms with van der Waals surface area (Å²) in [7, 11) is -3.46. The summed E-state index contributed by atoms with van der Waals surface area (Å²) < 4.78 is 27.3. The quantitative estimate of drug-likeness (QED) is 0.882. The molecule has 18 heavy (non-hydrogen) atoms. The fourth-order valence-corrected chi connectivity index (χ4v) is 5.10. The summed E-state index contributed by atoms with van der Waals surface area (Å²) >= 11 is 1.84. The zero-order chi connectivity index (χ0) is 13.4. The summed E-state index contributed by atoms with van der Waals surface area (Å²) in [6.07, 6.45) is 2.22. The summed E-state index contributed by atoms with van der Waals surface area (Å²) in [5, 5.41) is 6.64. The highest BCUT2D eigenvalue weighted by molar-refractivity contribution is 8.01. The van der Waals surface area contributed by atoms with Gasteiger partial charge in [0.15, 0.2) is 0 Å². The lowest BCUT2D eigenvalue weighted by atomic mass is 10.1. The number of hydrogen-bond donors (Lipinski definition) is 2. The van der Waals surface area contributed by atoms with Gasteiger partial charge >= 0.3 is 0 Å². The number of aromatic nitrogens is 2. The lowest BCUT2D eigenvalue weighted by molar-refractivity contribution is 0.551. The molecule has 0 aromatic carbocycles. The Labute approximate surface area is 112 Å². The molecule has 102 valence electrons. The smallest absolute Gasteiger partial charge is 0.244 e. The minimum absolute atomic E-state index is 0.0264. The first-order valence-corrected chi connectivity index (χ1v) is 8.46. The van der Waals surface area contributed by atoms with Gasteiger partial charge < -0.3 is 0 Å². The Bertz CT molecular complexity index is 511. The molecule has 1 saturated heterocycles. The number of aryl methyl sites for hydroxylation is 2. The van der Waals surface area contributed by atoms with E-state index >= 15 is 0 Å². The lowest BCUT2D eigenvalue weighted by Crippen LogP contribution is -2.37. The average Bonchev–Trinajstić information content (AvgIpc) is 2.85. The molecule has 5 nitrogen and oxygen atoms in total. The summed E-state index contributed by atoms with van der Waals surface area (Å²) in [6.45, 7) is 6.01. The van der Waals surface area contributed by atoms with Gasteiger partial charge in [-0.05, 0) is 39.4 Å². The molecule has 0 bridgehead atoms.